The lowest BCUT2D eigenvalue weighted by Crippen LogP contribution is -2.28. The minimum Gasteiger partial charge on any atom is -0.334 e. The van der Waals surface area contributed by atoms with Gasteiger partial charge in [0.05, 0.1) is 6.33 Å². The third-order valence-corrected chi connectivity index (χ3v) is 3.43. The molecule has 0 saturated heterocycles. The molecule has 2 amide bonds. The summed E-state index contributed by atoms with van der Waals surface area (Å²) < 4.78 is 2.01. The van der Waals surface area contributed by atoms with Crippen LogP contribution >= 0.6 is 0 Å². The van der Waals surface area contributed by atoms with E-state index >= 15 is 0 Å². The van der Waals surface area contributed by atoms with Crippen molar-refractivity contribution in [2.24, 2.45) is 0 Å². The van der Waals surface area contributed by atoms with Gasteiger partial charge in [0.15, 0.2) is 0 Å². The van der Waals surface area contributed by atoms with E-state index in [4.69, 9.17) is 0 Å². The van der Waals surface area contributed by atoms with Crippen LogP contribution in [-0.4, -0.2) is 15.6 Å². The van der Waals surface area contributed by atoms with Crippen molar-refractivity contribution in [3.8, 4) is 0 Å². The van der Waals surface area contributed by atoms with Crippen LogP contribution in [0, 0.1) is 0 Å². The van der Waals surface area contributed by atoms with Crippen molar-refractivity contribution >= 4 is 11.7 Å². The van der Waals surface area contributed by atoms with E-state index in [-0.39, 0.29) is 6.03 Å². The number of anilines is 1. The lowest BCUT2D eigenvalue weighted by atomic mass is 10.1. The standard InChI is InChI=1S/C18H18N4O/c23-18(21-17-4-2-1-3-5-17)20-12-15-6-8-16(9-7-15)13-22-11-10-19-14-22/h1-11,14H,12-13H2,(H2,20,21,23). The first kappa shape index (κ1) is 14.8. The monoisotopic (exact) mass is 306 g/mol. The largest absolute Gasteiger partial charge is 0.334 e. The summed E-state index contributed by atoms with van der Waals surface area (Å²) in [7, 11) is 0. The highest BCUT2D eigenvalue weighted by molar-refractivity contribution is 5.89. The quantitative estimate of drug-likeness (QED) is 0.760. The van der Waals surface area contributed by atoms with Crippen molar-refractivity contribution < 1.29 is 4.79 Å². The maximum atomic E-state index is 11.8. The van der Waals surface area contributed by atoms with Gasteiger partial charge in [-0.05, 0) is 23.3 Å². The first-order chi connectivity index (χ1) is 11.3. The lowest BCUT2D eigenvalue weighted by molar-refractivity contribution is 0.251. The second-order valence-electron chi connectivity index (χ2n) is 5.23. The normalized spacial score (nSPS) is 10.3. The SMILES string of the molecule is O=C(NCc1ccc(Cn2ccnc2)cc1)Nc1ccccc1. The molecule has 0 atom stereocenters. The number of aromatic nitrogens is 2. The number of benzene rings is 2. The van der Waals surface area contributed by atoms with Gasteiger partial charge in [-0.3, -0.25) is 0 Å². The highest BCUT2D eigenvalue weighted by atomic mass is 16.2. The minimum absolute atomic E-state index is 0.210. The van der Waals surface area contributed by atoms with Gasteiger partial charge in [0, 0.05) is 31.2 Å². The third-order valence-electron chi connectivity index (χ3n) is 3.43. The predicted molar refractivity (Wildman–Crippen MR) is 90.1 cm³/mol. The second kappa shape index (κ2) is 7.26. The summed E-state index contributed by atoms with van der Waals surface area (Å²) in [4.78, 5) is 15.9. The lowest BCUT2D eigenvalue weighted by Gasteiger charge is -2.08. The molecule has 0 radical (unpaired) electrons. The number of hydrogen-bond acceptors (Lipinski definition) is 2. The van der Waals surface area contributed by atoms with Gasteiger partial charge in [0.1, 0.15) is 0 Å². The topological polar surface area (TPSA) is 59.0 Å². The molecular weight excluding hydrogens is 288 g/mol. The Kier molecular flexibility index (Phi) is 4.69. The first-order valence-electron chi connectivity index (χ1n) is 7.43. The number of amides is 2. The van der Waals surface area contributed by atoms with E-state index in [9.17, 15) is 4.79 Å². The van der Waals surface area contributed by atoms with Crippen molar-refractivity contribution in [2.45, 2.75) is 13.1 Å². The van der Waals surface area contributed by atoms with E-state index in [0.29, 0.717) is 6.54 Å². The molecule has 5 nitrogen and oxygen atoms in total. The molecule has 116 valence electrons. The van der Waals surface area contributed by atoms with Crippen LogP contribution in [-0.2, 0) is 13.1 Å². The summed E-state index contributed by atoms with van der Waals surface area (Å²) in [6, 6.07) is 17.3. The predicted octanol–water partition coefficient (Wildman–Crippen LogP) is 3.25. The molecule has 0 saturated carbocycles. The molecule has 2 aromatic carbocycles. The van der Waals surface area contributed by atoms with Crippen molar-refractivity contribution in [3.63, 3.8) is 0 Å². The van der Waals surface area contributed by atoms with Gasteiger partial charge in [-0.1, -0.05) is 42.5 Å². The third kappa shape index (κ3) is 4.44. The average Bonchev–Trinajstić information content (AvgIpc) is 3.08. The van der Waals surface area contributed by atoms with Crippen LogP contribution in [0.1, 0.15) is 11.1 Å². The summed E-state index contributed by atoms with van der Waals surface area (Å²) in [6.45, 7) is 1.28. The Morgan fingerprint density at radius 3 is 2.43 bits per heavy atom. The molecule has 3 aromatic rings. The smallest absolute Gasteiger partial charge is 0.319 e. The Morgan fingerprint density at radius 2 is 1.74 bits per heavy atom. The van der Waals surface area contributed by atoms with Gasteiger partial charge >= 0.3 is 6.03 Å². The van der Waals surface area contributed by atoms with Gasteiger partial charge in [-0.25, -0.2) is 9.78 Å². The highest BCUT2D eigenvalue weighted by Gasteiger charge is 2.01. The van der Waals surface area contributed by atoms with Crippen LogP contribution in [0.5, 0.6) is 0 Å². The Balaban J connectivity index is 1.49. The maximum absolute atomic E-state index is 11.8. The number of urea groups is 1. The van der Waals surface area contributed by atoms with Crippen LogP contribution in [0.15, 0.2) is 73.3 Å². The van der Waals surface area contributed by atoms with Crippen molar-refractivity contribution in [3.05, 3.63) is 84.4 Å². The molecule has 0 unspecified atom stereocenters. The van der Waals surface area contributed by atoms with E-state index in [1.807, 2.05) is 53.2 Å². The Hall–Kier alpha value is -3.08. The molecule has 23 heavy (non-hydrogen) atoms. The minimum atomic E-state index is -0.210. The number of hydrogen-bond donors (Lipinski definition) is 2. The Morgan fingerprint density at radius 1 is 1.00 bits per heavy atom. The van der Waals surface area contributed by atoms with Crippen molar-refractivity contribution in [2.75, 3.05) is 5.32 Å². The molecule has 1 heterocycles. The molecule has 2 N–H and O–H groups in total. The van der Waals surface area contributed by atoms with Crippen LogP contribution in [0.4, 0.5) is 10.5 Å². The Labute approximate surface area is 135 Å². The van der Waals surface area contributed by atoms with Gasteiger partial charge in [0.25, 0.3) is 0 Å². The average molecular weight is 306 g/mol. The van der Waals surface area contributed by atoms with Gasteiger partial charge in [-0.15, -0.1) is 0 Å². The van der Waals surface area contributed by atoms with Gasteiger partial charge in [0.2, 0.25) is 0 Å². The fraction of sp³-hybridized carbons (Fsp3) is 0.111. The zero-order valence-electron chi connectivity index (χ0n) is 12.6. The van der Waals surface area contributed by atoms with Crippen LogP contribution < -0.4 is 10.6 Å². The summed E-state index contributed by atoms with van der Waals surface area (Å²) >= 11 is 0. The fourth-order valence-corrected chi connectivity index (χ4v) is 2.23. The first-order valence-corrected chi connectivity index (χ1v) is 7.43. The molecule has 5 heteroatoms. The fourth-order valence-electron chi connectivity index (χ4n) is 2.23. The van der Waals surface area contributed by atoms with Gasteiger partial charge < -0.3 is 15.2 Å². The number of para-hydroxylation sites is 1. The van der Waals surface area contributed by atoms with Crippen molar-refractivity contribution in [1.29, 1.82) is 0 Å². The molecule has 1 aromatic heterocycles. The van der Waals surface area contributed by atoms with Crippen LogP contribution in [0.2, 0.25) is 0 Å². The Bertz CT molecular complexity index is 736. The molecular formula is C18H18N4O. The highest BCUT2D eigenvalue weighted by Crippen LogP contribution is 2.07. The van der Waals surface area contributed by atoms with Crippen molar-refractivity contribution in [1.82, 2.24) is 14.9 Å². The maximum Gasteiger partial charge on any atom is 0.319 e. The number of nitrogens with one attached hydrogen (secondary N) is 2. The van der Waals surface area contributed by atoms with E-state index in [1.165, 1.54) is 5.56 Å². The number of nitrogens with zero attached hydrogens (tertiary/aromatic N) is 2. The van der Waals surface area contributed by atoms with E-state index in [2.05, 4.69) is 27.8 Å². The molecule has 0 fully saturated rings. The zero-order valence-corrected chi connectivity index (χ0v) is 12.6. The van der Waals surface area contributed by atoms with Gasteiger partial charge in [-0.2, -0.15) is 0 Å². The number of carbonyl (C=O) groups excluding carboxylic acids is 1. The summed E-state index contributed by atoms with van der Waals surface area (Å²) in [5.74, 6) is 0. The molecule has 0 aliphatic carbocycles. The number of carbonyl (C=O) groups is 1. The van der Waals surface area contributed by atoms with Crippen LogP contribution in [0.3, 0.4) is 0 Å². The zero-order chi connectivity index (χ0) is 15.9. The van der Waals surface area contributed by atoms with E-state index in [0.717, 1.165) is 17.8 Å². The molecule has 0 aliphatic heterocycles. The molecule has 0 bridgehead atoms. The molecule has 0 aliphatic rings. The molecule has 0 spiro atoms. The summed E-state index contributed by atoms with van der Waals surface area (Å²) in [5.41, 5.74) is 3.03. The number of imidazole rings is 1. The van der Waals surface area contributed by atoms with E-state index in [1.54, 1.807) is 12.5 Å². The molecule has 3 rings (SSSR count). The second-order valence-corrected chi connectivity index (χ2v) is 5.23. The summed E-state index contributed by atoms with van der Waals surface area (Å²) in [6.07, 6.45) is 5.50. The van der Waals surface area contributed by atoms with Crippen LogP contribution in [0.25, 0.3) is 0 Å². The van der Waals surface area contributed by atoms with E-state index < -0.39 is 0 Å². The summed E-state index contributed by atoms with van der Waals surface area (Å²) in [5, 5.41) is 5.64. The number of rotatable bonds is 5.